The minimum Gasteiger partial charge on any atom is -0.355 e. The summed E-state index contributed by atoms with van der Waals surface area (Å²) in [5.41, 5.74) is 0. The molecule has 1 aliphatic rings. The lowest BCUT2D eigenvalue weighted by Gasteiger charge is -2.29. The number of nitrogens with zero attached hydrogens (tertiary/aromatic N) is 1. The minimum absolute atomic E-state index is 0.115. The van der Waals surface area contributed by atoms with Crippen molar-refractivity contribution in [1.29, 1.82) is 0 Å². The van der Waals surface area contributed by atoms with E-state index in [1.807, 2.05) is 0 Å². The fourth-order valence-electron chi connectivity index (χ4n) is 1.93. The summed E-state index contributed by atoms with van der Waals surface area (Å²) < 4.78 is 10.2. The zero-order chi connectivity index (χ0) is 11.1. The van der Waals surface area contributed by atoms with E-state index in [9.17, 15) is 0 Å². The third-order valence-corrected chi connectivity index (χ3v) is 3.11. The van der Waals surface area contributed by atoms with Crippen molar-refractivity contribution in [3.8, 4) is 0 Å². The van der Waals surface area contributed by atoms with Crippen molar-refractivity contribution in [3.63, 3.8) is 0 Å². The first kappa shape index (κ1) is 12.9. The van der Waals surface area contributed by atoms with Crippen LogP contribution in [0.3, 0.4) is 0 Å². The van der Waals surface area contributed by atoms with Crippen LogP contribution in [0.25, 0.3) is 0 Å². The van der Waals surface area contributed by atoms with Crippen LogP contribution in [0, 0.1) is 5.92 Å². The Kier molecular flexibility index (Phi) is 6.17. The molecule has 0 atom stereocenters. The fourth-order valence-corrected chi connectivity index (χ4v) is 1.93. The predicted molar refractivity (Wildman–Crippen MR) is 60.9 cm³/mol. The van der Waals surface area contributed by atoms with Crippen molar-refractivity contribution >= 4 is 0 Å². The van der Waals surface area contributed by atoms with Crippen LogP contribution in [0.4, 0.5) is 0 Å². The second-order valence-electron chi connectivity index (χ2n) is 4.31. The standard InChI is InChI=1S/C11H24N2O2/c1-13-6-4-10(5-7-13)8-12-9-11(14-2)15-3/h10-12H,4-9H2,1-3H3. The average molecular weight is 216 g/mol. The number of methoxy groups -OCH3 is 2. The Balaban J connectivity index is 2.04. The minimum atomic E-state index is -0.115. The summed E-state index contributed by atoms with van der Waals surface area (Å²) in [6.07, 6.45) is 2.48. The lowest BCUT2D eigenvalue weighted by atomic mass is 9.97. The zero-order valence-electron chi connectivity index (χ0n) is 10.2. The Labute approximate surface area is 92.9 Å². The second-order valence-corrected chi connectivity index (χ2v) is 4.31. The van der Waals surface area contributed by atoms with Crippen LogP contribution in [0.5, 0.6) is 0 Å². The normalized spacial score (nSPS) is 20.0. The summed E-state index contributed by atoms with van der Waals surface area (Å²) >= 11 is 0. The molecule has 0 aliphatic carbocycles. The third-order valence-electron chi connectivity index (χ3n) is 3.11. The van der Waals surface area contributed by atoms with Crippen molar-refractivity contribution in [2.75, 3.05) is 47.4 Å². The molecule has 0 aromatic carbocycles. The smallest absolute Gasteiger partial charge is 0.169 e. The van der Waals surface area contributed by atoms with E-state index in [1.165, 1.54) is 25.9 Å². The highest BCUT2D eigenvalue weighted by Gasteiger charge is 2.16. The number of hydrogen-bond donors (Lipinski definition) is 1. The Morgan fingerprint density at radius 2 is 1.87 bits per heavy atom. The number of likely N-dealkylation sites (tertiary alicyclic amines) is 1. The fraction of sp³-hybridized carbons (Fsp3) is 1.00. The van der Waals surface area contributed by atoms with Crippen molar-refractivity contribution in [2.45, 2.75) is 19.1 Å². The Morgan fingerprint density at radius 3 is 2.40 bits per heavy atom. The molecule has 0 saturated carbocycles. The molecule has 0 unspecified atom stereocenters. The molecule has 0 amide bonds. The van der Waals surface area contributed by atoms with Gasteiger partial charge in [0.2, 0.25) is 0 Å². The van der Waals surface area contributed by atoms with Crippen molar-refractivity contribution in [2.24, 2.45) is 5.92 Å². The highest BCUT2D eigenvalue weighted by molar-refractivity contribution is 4.71. The summed E-state index contributed by atoms with van der Waals surface area (Å²) in [4.78, 5) is 2.39. The number of ether oxygens (including phenoxy) is 2. The summed E-state index contributed by atoms with van der Waals surface area (Å²) in [5.74, 6) is 0.815. The van der Waals surface area contributed by atoms with Gasteiger partial charge in [0.15, 0.2) is 6.29 Å². The van der Waals surface area contributed by atoms with Crippen LogP contribution in [0.2, 0.25) is 0 Å². The molecular weight excluding hydrogens is 192 g/mol. The first-order chi connectivity index (χ1) is 7.26. The van der Waals surface area contributed by atoms with Gasteiger partial charge in [-0.1, -0.05) is 0 Å². The highest BCUT2D eigenvalue weighted by atomic mass is 16.7. The average Bonchev–Trinajstić information content (AvgIpc) is 2.27. The molecular formula is C11H24N2O2. The van der Waals surface area contributed by atoms with E-state index in [0.717, 1.165) is 19.0 Å². The van der Waals surface area contributed by atoms with Gasteiger partial charge in [0.25, 0.3) is 0 Å². The molecule has 0 aromatic heterocycles. The van der Waals surface area contributed by atoms with Gasteiger partial charge in [-0.15, -0.1) is 0 Å². The van der Waals surface area contributed by atoms with Gasteiger partial charge in [-0.2, -0.15) is 0 Å². The van der Waals surface area contributed by atoms with Gasteiger partial charge >= 0.3 is 0 Å². The van der Waals surface area contributed by atoms with E-state index in [-0.39, 0.29) is 6.29 Å². The molecule has 15 heavy (non-hydrogen) atoms. The maximum absolute atomic E-state index is 5.11. The van der Waals surface area contributed by atoms with Gasteiger partial charge in [-0.05, 0) is 45.4 Å². The molecule has 1 fully saturated rings. The number of rotatable bonds is 6. The van der Waals surface area contributed by atoms with Gasteiger partial charge in [-0.25, -0.2) is 0 Å². The van der Waals surface area contributed by atoms with Gasteiger partial charge in [0.05, 0.1) is 0 Å². The van der Waals surface area contributed by atoms with E-state index in [0.29, 0.717) is 0 Å². The monoisotopic (exact) mass is 216 g/mol. The zero-order valence-corrected chi connectivity index (χ0v) is 10.2. The van der Waals surface area contributed by atoms with E-state index in [1.54, 1.807) is 14.2 Å². The van der Waals surface area contributed by atoms with E-state index >= 15 is 0 Å². The molecule has 4 heteroatoms. The molecule has 0 bridgehead atoms. The summed E-state index contributed by atoms with van der Waals surface area (Å²) in [6.45, 7) is 4.31. The quantitative estimate of drug-likeness (QED) is 0.657. The van der Waals surface area contributed by atoms with E-state index in [2.05, 4.69) is 17.3 Å². The lowest BCUT2D eigenvalue weighted by molar-refractivity contribution is -0.0991. The predicted octanol–water partition coefficient (Wildman–Crippen LogP) is 0.537. The van der Waals surface area contributed by atoms with Crippen LogP contribution in [-0.2, 0) is 9.47 Å². The Hall–Kier alpha value is -0.160. The second kappa shape index (κ2) is 7.17. The number of nitrogens with one attached hydrogen (secondary N) is 1. The highest BCUT2D eigenvalue weighted by Crippen LogP contribution is 2.14. The molecule has 0 radical (unpaired) electrons. The summed E-state index contributed by atoms with van der Waals surface area (Å²) in [6, 6.07) is 0. The number of hydrogen-bond acceptors (Lipinski definition) is 4. The SMILES string of the molecule is COC(CNCC1CCN(C)CC1)OC. The van der Waals surface area contributed by atoms with Gasteiger partial charge < -0.3 is 19.7 Å². The molecule has 0 aromatic rings. The van der Waals surface area contributed by atoms with Crippen LogP contribution in [0.1, 0.15) is 12.8 Å². The maximum Gasteiger partial charge on any atom is 0.169 e. The molecule has 1 saturated heterocycles. The van der Waals surface area contributed by atoms with Crippen molar-refractivity contribution in [3.05, 3.63) is 0 Å². The van der Waals surface area contributed by atoms with Gasteiger partial charge in [0.1, 0.15) is 0 Å². The van der Waals surface area contributed by atoms with Gasteiger partial charge in [-0.3, -0.25) is 0 Å². The van der Waals surface area contributed by atoms with Crippen molar-refractivity contribution < 1.29 is 9.47 Å². The maximum atomic E-state index is 5.11. The molecule has 1 aliphatic heterocycles. The third kappa shape index (κ3) is 4.93. The van der Waals surface area contributed by atoms with Gasteiger partial charge in [0, 0.05) is 20.8 Å². The first-order valence-corrected chi connectivity index (χ1v) is 5.71. The number of piperidine rings is 1. The molecule has 0 spiro atoms. The molecule has 1 N–H and O–H groups in total. The topological polar surface area (TPSA) is 33.7 Å². The summed E-state index contributed by atoms with van der Waals surface area (Å²) in [7, 11) is 5.53. The lowest BCUT2D eigenvalue weighted by Crippen LogP contribution is -2.37. The molecule has 1 heterocycles. The first-order valence-electron chi connectivity index (χ1n) is 5.71. The summed E-state index contributed by atoms with van der Waals surface area (Å²) in [5, 5.41) is 3.40. The van der Waals surface area contributed by atoms with Crippen LogP contribution in [0.15, 0.2) is 0 Å². The molecule has 90 valence electrons. The van der Waals surface area contributed by atoms with Crippen LogP contribution < -0.4 is 5.32 Å². The molecule has 1 rings (SSSR count). The Morgan fingerprint density at radius 1 is 1.27 bits per heavy atom. The largest absolute Gasteiger partial charge is 0.355 e. The Bertz CT molecular complexity index is 155. The van der Waals surface area contributed by atoms with Crippen LogP contribution >= 0.6 is 0 Å². The van der Waals surface area contributed by atoms with E-state index < -0.39 is 0 Å². The van der Waals surface area contributed by atoms with Crippen molar-refractivity contribution in [1.82, 2.24) is 10.2 Å². The molecule has 4 nitrogen and oxygen atoms in total. The van der Waals surface area contributed by atoms with Crippen LogP contribution in [-0.4, -0.2) is 58.6 Å². The van der Waals surface area contributed by atoms with E-state index in [4.69, 9.17) is 9.47 Å².